The van der Waals surface area contributed by atoms with Gasteiger partial charge in [0.1, 0.15) is 16.9 Å². The number of anilines is 1. The Kier molecular flexibility index (Phi) is 5.30. The minimum Gasteiger partial charge on any atom is -0.508 e. The Morgan fingerprint density at radius 2 is 2.03 bits per heavy atom. The summed E-state index contributed by atoms with van der Waals surface area (Å²) in [6, 6.07) is 7.05. The molecule has 0 spiro atoms. The van der Waals surface area contributed by atoms with Crippen LogP contribution in [-0.2, 0) is 12.8 Å². The number of aryl methyl sites for hydroxylation is 1. The lowest BCUT2D eigenvalue weighted by molar-refractivity contribution is 0.184. The first-order valence-corrected chi connectivity index (χ1v) is 11.1. The Labute approximate surface area is 175 Å². The molecular formula is C23H28N4OS. The van der Waals surface area contributed by atoms with Crippen molar-refractivity contribution in [1.29, 1.82) is 0 Å². The summed E-state index contributed by atoms with van der Waals surface area (Å²) in [4.78, 5) is 11.5. The lowest BCUT2D eigenvalue weighted by Crippen LogP contribution is -2.28. The van der Waals surface area contributed by atoms with Gasteiger partial charge in [-0.25, -0.2) is 9.97 Å². The molecule has 1 aliphatic rings. The summed E-state index contributed by atoms with van der Waals surface area (Å²) in [5.74, 6) is 1.70. The van der Waals surface area contributed by atoms with Gasteiger partial charge < -0.3 is 5.11 Å². The summed E-state index contributed by atoms with van der Waals surface area (Å²) in [5, 5.41) is 15.2. The fraction of sp³-hybridized carbons (Fsp3) is 0.435. The van der Waals surface area contributed by atoms with Crippen LogP contribution in [0, 0.1) is 11.3 Å². The second-order valence-electron chi connectivity index (χ2n) is 8.54. The topological polar surface area (TPSA) is 70.4 Å². The van der Waals surface area contributed by atoms with E-state index in [-0.39, 0.29) is 5.75 Å². The fourth-order valence-electron chi connectivity index (χ4n) is 4.05. The third-order valence-electron chi connectivity index (χ3n) is 6.47. The Morgan fingerprint density at radius 1 is 1.28 bits per heavy atom. The molecule has 0 amide bonds. The van der Waals surface area contributed by atoms with Crippen LogP contribution in [0.1, 0.15) is 56.5 Å². The SMILES string of the molecule is CCC(C)(C)[C@@H]1CCc2sc3ncnc(NN=C(C)c4ccc(O)cc4)c3c2C1. The molecule has 0 saturated carbocycles. The smallest absolute Gasteiger partial charge is 0.158 e. The quantitative estimate of drug-likeness (QED) is 0.415. The van der Waals surface area contributed by atoms with Crippen LogP contribution < -0.4 is 5.43 Å². The maximum Gasteiger partial charge on any atom is 0.158 e. The van der Waals surface area contributed by atoms with Crippen LogP contribution in [0.3, 0.4) is 0 Å². The standard InChI is InChI=1S/C23H28N4OS/c1-5-23(3,4)16-8-11-19-18(12-16)20-21(24-13-25-22(20)29-19)27-26-14(2)15-6-9-17(28)10-7-15/h6-7,9-10,13,16,28H,5,8,11-12H2,1-4H3,(H,24,25,27)/t16-/m1/s1. The number of hydrogen-bond donors (Lipinski definition) is 2. The highest BCUT2D eigenvalue weighted by Crippen LogP contribution is 2.45. The van der Waals surface area contributed by atoms with Crippen LogP contribution in [0.15, 0.2) is 35.7 Å². The van der Waals surface area contributed by atoms with Crippen molar-refractivity contribution in [3.05, 3.63) is 46.6 Å². The molecule has 29 heavy (non-hydrogen) atoms. The monoisotopic (exact) mass is 408 g/mol. The van der Waals surface area contributed by atoms with Crippen molar-refractivity contribution < 1.29 is 5.11 Å². The summed E-state index contributed by atoms with van der Waals surface area (Å²) >= 11 is 1.80. The third-order valence-corrected chi connectivity index (χ3v) is 7.67. The number of phenols is 1. The number of hydrogen-bond acceptors (Lipinski definition) is 6. The number of fused-ring (bicyclic) bond motifs is 3. The minimum atomic E-state index is 0.251. The summed E-state index contributed by atoms with van der Waals surface area (Å²) in [6.07, 6.45) is 6.26. The largest absolute Gasteiger partial charge is 0.508 e. The van der Waals surface area contributed by atoms with Gasteiger partial charge in [-0.05, 0) is 72.9 Å². The molecule has 5 nitrogen and oxygen atoms in total. The molecule has 2 heterocycles. The first-order chi connectivity index (χ1) is 13.9. The van der Waals surface area contributed by atoms with E-state index in [0.29, 0.717) is 11.3 Å². The predicted molar refractivity (Wildman–Crippen MR) is 121 cm³/mol. The van der Waals surface area contributed by atoms with E-state index in [1.54, 1.807) is 29.8 Å². The number of phenolic OH excluding ortho intramolecular Hbond substituents is 1. The summed E-state index contributed by atoms with van der Waals surface area (Å²) in [5.41, 5.74) is 6.72. The first kappa shape index (κ1) is 19.8. The molecule has 1 atom stereocenters. The zero-order valence-electron chi connectivity index (χ0n) is 17.5. The van der Waals surface area contributed by atoms with Crippen molar-refractivity contribution in [2.24, 2.45) is 16.4 Å². The molecule has 4 rings (SSSR count). The van der Waals surface area contributed by atoms with Crippen molar-refractivity contribution in [1.82, 2.24) is 9.97 Å². The number of benzene rings is 1. The Hall–Kier alpha value is -2.47. The lowest BCUT2D eigenvalue weighted by atomic mass is 9.69. The van der Waals surface area contributed by atoms with Gasteiger partial charge in [-0.15, -0.1) is 11.3 Å². The molecule has 0 saturated heterocycles. The van der Waals surface area contributed by atoms with Crippen LogP contribution in [0.4, 0.5) is 5.82 Å². The molecular weight excluding hydrogens is 380 g/mol. The van der Waals surface area contributed by atoms with Crippen molar-refractivity contribution in [3.8, 4) is 5.75 Å². The van der Waals surface area contributed by atoms with Crippen LogP contribution in [0.5, 0.6) is 5.75 Å². The zero-order chi connectivity index (χ0) is 20.6. The third kappa shape index (κ3) is 3.86. The molecule has 3 aromatic rings. The molecule has 0 radical (unpaired) electrons. The second-order valence-corrected chi connectivity index (χ2v) is 9.63. The Balaban J connectivity index is 1.67. The molecule has 0 bridgehead atoms. The number of nitrogens with one attached hydrogen (secondary N) is 1. The highest BCUT2D eigenvalue weighted by Gasteiger charge is 2.33. The molecule has 152 valence electrons. The van der Waals surface area contributed by atoms with Gasteiger partial charge in [0.25, 0.3) is 0 Å². The average Bonchev–Trinajstić information content (AvgIpc) is 3.11. The van der Waals surface area contributed by atoms with E-state index in [1.165, 1.54) is 23.3 Å². The highest BCUT2D eigenvalue weighted by molar-refractivity contribution is 7.19. The Morgan fingerprint density at radius 3 is 2.76 bits per heavy atom. The van der Waals surface area contributed by atoms with Gasteiger partial charge in [-0.2, -0.15) is 5.10 Å². The van der Waals surface area contributed by atoms with Gasteiger partial charge in [0.15, 0.2) is 5.82 Å². The molecule has 1 aliphatic carbocycles. The lowest BCUT2D eigenvalue weighted by Gasteiger charge is -2.36. The van der Waals surface area contributed by atoms with Gasteiger partial charge in [0, 0.05) is 4.88 Å². The van der Waals surface area contributed by atoms with Crippen LogP contribution >= 0.6 is 11.3 Å². The molecule has 2 aromatic heterocycles. The molecule has 0 unspecified atom stereocenters. The van der Waals surface area contributed by atoms with E-state index >= 15 is 0 Å². The number of hydrazone groups is 1. The van der Waals surface area contributed by atoms with Crippen LogP contribution in [-0.4, -0.2) is 20.8 Å². The molecule has 6 heteroatoms. The minimum absolute atomic E-state index is 0.251. The molecule has 0 fully saturated rings. The number of aromatic hydroxyl groups is 1. The van der Waals surface area contributed by atoms with E-state index in [4.69, 9.17) is 0 Å². The van der Waals surface area contributed by atoms with Gasteiger partial charge >= 0.3 is 0 Å². The second kappa shape index (κ2) is 7.75. The molecule has 2 N–H and O–H groups in total. The van der Waals surface area contributed by atoms with Crippen LogP contribution in [0.2, 0.25) is 0 Å². The zero-order valence-corrected chi connectivity index (χ0v) is 18.3. The maximum absolute atomic E-state index is 9.48. The van der Waals surface area contributed by atoms with Gasteiger partial charge in [0.2, 0.25) is 0 Å². The highest BCUT2D eigenvalue weighted by atomic mass is 32.1. The van der Waals surface area contributed by atoms with Gasteiger partial charge in [-0.1, -0.05) is 27.2 Å². The average molecular weight is 409 g/mol. The van der Waals surface area contributed by atoms with Crippen molar-refractivity contribution in [3.63, 3.8) is 0 Å². The van der Waals surface area contributed by atoms with Gasteiger partial charge in [-0.3, -0.25) is 5.43 Å². The van der Waals surface area contributed by atoms with E-state index < -0.39 is 0 Å². The van der Waals surface area contributed by atoms with Crippen LogP contribution in [0.25, 0.3) is 10.2 Å². The first-order valence-electron chi connectivity index (χ1n) is 10.2. The number of thiophene rings is 1. The number of aromatic nitrogens is 2. The summed E-state index contributed by atoms with van der Waals surface area (Å²) in [7, 11) is 0. The number of rotatable bonds is 5. The van der Waals surface area contributed by atoms with Crippen molar-refractivity contribution in [2.45, 2.75) is 53.4 Å². The molecule has 1 aromatic carbocycles. The summed E-state index contributed by atoms with van der Waals surface area (Å²) in [6.45, 7) is 9.01. The number of nitrogens with zero attached hydrogens (tertiary/aromatic N) is 3. The Bertz CT molecular complexity index is 1050. The van der Waals surface area contributed by atoms with Crippen molar-refractivity contribution in [2.75, 3.05) is 5.43 Å². The normalized spacial score (nSPS) is 17.4. The predicted octanol–water partition coefficient (Wildman–Crippen LogP) is 5.77. The maximum atomic E-state index is 9.48. The summed E-state index contributed by atoms with van der Waals surface area (Å²) < 4.78 is 0. The van der Waals surface area contributed by atoms with Gasteiger partial charge in [0.05, 0.1) is 11.1 Å². The van der Waals surface area contributed by atoms with E-state index in [1.807, 2.05) is 19.1 Å². The fourth-order valence-corrected chi connectivity index (χ4v) is 5.24. The van der Waals surface area contributed by atoms with E-state index in [9.17, 15) is 5.11 Å². The van der Waals surface area contributed by atoms with E-state index in [0.717, 1.165) is 40.2 Å². The molecule has 0 aliphatic heterocycles. The van der Waals surface area contributed by atoms with Crippen molar-refractivity contribution >= 4 is 33.1 Å². The van der Waals surface area contributed by atoms with E-state index in [2.05, 4.69) is 41.3 Å².